The number of nitrogens with zero attached hydrogens (tertiary/aromatic N) is 4. The summed E-state index contributed by atoms with van der Waals surface area (Å²) in [5.41, 5.74) is 2.43. The van der Waals surface area contributed by atoms with Crippen molar-refractivity contribution < 1.29 is 5.11 Å². The summed E-state index contributed by atoms with van der Waals surface area (Å²) < 4.78 is 2.05. The highest BCUT2D eigenvalue weighted by Crippen LogP contribution is 2.11. The molecule has 1 aromatic heterocycles. The Kier molecular flexibility index (Phi) is 5.48. The van der Waals surface area contributed by atoms with Gasteiger partial charge in [0.1, 0.15) is 0 Å². The minimum absolute atomic E-state index is 0.240. The van der Waals surface area contributed by atoms with Crippen LogP contribution in [0.25, 0.3) is 0 Å². The monoisotopic (exact) mass is 327 g/mol. The first kappa shape index (κ1) is 16.5. The van der Waals surface area contributed by atoms with Gasteiger partial charge in [-0.05, 0) is 24.5 Å². The van der Waals surface area contributed by atoms with Crippen molar-refractivity contribution in [2.24, 2.45) is 4.99 Å². The van der Waals surface area contributed by atoms with Crippen molar-refractivity contribution in [1.82, 2.24) is 19.8 Å². The van der Waals surface area contributed by atoms with Crippen LogP contribution in [-0.4, -0.2) is 51.3 Å². The topological polar surface area (TPSA) is 65.7 Å². The zero-order valence-electron chi connectivity index (χ0n) is 14.1. The molecule has 0 saturated carbocycles. The van der Waals surface area contributed by atoms with Crippen LogP contribution >= 0.6 is 0 Å². The Morgan fingerprint density at radius 2 is 2.12 bits per heavy atom. The highest BCUT2D eigenvalue weighted by Gasteiger charge is 2.22. The van der Waals surface area contributed by atoms with E-state index in [4.69, 9.17) is 4.99 Å². The first-order chi connectivity index (χ1) is 11.7. The second kappa shape index (κ2) is 7.97. The molecule has 0 amide bonds. The quantitative estimate of drug-likeness (QED) is 0.645. The molecular formula is C18H25N5O. The normalized spacial score (nSPS) is 18.2. The molecule has 0 aliphatic carbocycles. The molecule has 1 aliphatic rings. The fraction of sp³-hybridized carbons (Fsp3) is 0.444. The Morgan fingerprint density at radius 3 is 2.75 bits per heavy atom. The van der Waals surface area contributed by atoms with Crippen molar-refractivity contribution in [3.8, 4) is 0 Å². The number of benzene rings is 1. The second-order valence-electron chi connectivity index (χ2n) is 6.11. The Hall–Kier alpha value is -2.34. The lowest BCUT2D eigenvalue weighted by molar-refractivity contribution is 0.188. The minimum Gasteiger partial charge on any atom is -0.391 e. The van der Waals surface area contributed by atoms with Gasteiger partial charge in [0, 0.05) is 38.6 Å². The maximum absolute atomic E-state index is 9.71. The van der Waals surface area contributed by atoms with E-state index >= 15 is 0 Å². The van der Waals surface area contributed by atoms with Crippen LogP contribution in [0, 0.1) is 0 Å². The van der Waals surface area contributed by atoms with E-state index in [1.54, 1.807) is 6.20 Å². The van der Waals surface area contributed by atoms with E-state index in [9.17, 15) is 5.11 Å². The first-order valence-electron chi connectivity index (χ1n) is 8.49. The van der Waals surface area contributed by atoms with Crippen LogP contribution in [0.1, 0.15) is 24.5 Å². The number of guanidine groups is 1. The average molecular weight is 327 g/mol. The molecule has 3 rings (SSSR count). The number of aliphatic hydroxyl groups is 1. The molecule has 0 radical (unpaired) electrons. The molecule has 1 aromatic carbocycles. The van der Waals surface area contributed by atoms with Gasteiger partial charge in [-0.3, -0.25) is 0 Å². The summed E-state index contributed by atoms with van der Waals surface area (Å²) in [6.07, 6.45) is 6.15. The standard InChI is InChI=1S/C18H25N5O/c1-2-20-18(23-9-7-17(24)13-23)21-11-15-3-5-16(6-4-15)12-22-10-8-19-14-22/h3-6,8,10,14,17,24H,2,7,9,11-13H2,1H3,(H,20,21)/t17-/m1/s1. The van der Waals surface area contributed by atoms with Crippen molar-refractivity contribution in [2.45, 2.75) is 32.5 Å². The van der Waals surface area contributed by atoms with Crippen molar-refractivity contribution in [3.63, 3.8) is 0 Å². The Bertz CT molecular complexity index is 651. The first-order valence-corrected chi connectivity index (χ1v) is 8.49. The second-order valence-corrected chi connectivity index (χ2v) is 6.11. The van der Waals surface area contributed by atoms with E-state index in [-0.39, 0.29) is 6.10 Å². The molecule has 1 fully saturated rings. The fourth-order valence-corrected chi connectivity index (χ4v) is 2.87. The molecule has 0 spiro atoms. The summed E-state index contributed by atoms with van der Waals surface area (Å²) in [5, 5.41) is 13.0. The zero-order chi connectivity index (χ0) is 16.8. The van der Waals surface area contributed by atoms with E-state index in [0.29, 0.717) is 13.1 Å². The van der Waals surface area contributed by atoms with Gasteiger partial charge < -0.3 is 19.9 Å². The van der Waals surface area contributed by atoms with Crippen LogP contribution in [-0.2, 0) is 13.1 Å². The number of aliphatic hydroxyl groups excluding tert-OH is 1. The molecule has 0 unspecified atom stereocenters. The van der Waals surface area contributed by atoms with Gasteiger partial charge >= 0.3 is 0 Å². The average Bonchev–Trinajstić information content (AvgIpc) is 3.24. The number of rotatable bonds is 5. The molecule has 1 atom stereocenters. The molecule has 128 valence electrons. The van der Waals surface area contributed by atoms with E-state index < -0.39 is 0 Å². The lowest BCUT2D eigenvalue weighted by Crippen LogP contribution is -2.40. The molecule has 6 nitrogen and oxygen atoms in total. The molecule has 2 aromatic rings. The number of aliphatic imine (C=N–C) groups is 1. The number of imidazole rings is 1. The van der Waals surface area contributed by atoms with Crippen LogP contribution in [0.2, 0.25) is 0 Å². The Labute approximate surface area is 142 Å². The summed E-state index contributed by atoms with van der Waals surface area (Å²) in [6, 6.07) is 8.52. The van der Waals surface area contributed by atoms with E-state index in [1.165, 1.54) is 11.1 Å². The number of hydrogen-bond acceptors (Lipinski definition) is 3. The van der Waals surface area contributed by atoms with Gasteiger partial charge in [-0.1, -0.05) is 24.3 Å². The van der Waals surface area contributed by atoms with Gasteiger partial charge in [0.2, 0.25) is 0 Å². The predicted molar refractivity (Wildman–Crippen MR) is 94.8 cm³/mol. The molecule has 1 saturated heterocycles. The van der Waals surface area contributed by atoms with E-state index in [1.807, 2.05) is 12.5 Å². The van der Waals surface area contributed by atoms with Crippen LogP contribution < -0.4 is 5.32 Å². The summed E-state index contributed by atoms with van der Waals surface area (Å²) in [7, 11) is 0. The minimum atomic E-state index is -0.240. The SMILES string of the molecule is CCNC(=NCc1ccc(Cn2ccnc2)cc1)N1CC[C@@H](O)C1. The summed E-state index contributed by atoms with van der Waals surface area (Å²) in [6.45, 7) is 5.88. The zero-order valence-corrected chi connectivity index (χ0v) is 14.1. The third-order valence-electron chi connectivity index (χ3n) is 4.16. The van der Waals surface area contributed by atoms with Crippen molar-refractivity contribution in [3.05, 3.63) is 54.1 Å². The van der Waals surface area contributed by atoms with Gasteiger partial charge in [-0.15, -0.1) is 0 Å². The molecular weight excluding hydrogens is 302 g/mol. The van der Waals surface area contributed by atoms with E-state index in [0.717, 1.165) is 32.0 Å². The Morgan fingerprint density at radius 1 is 1.33 bits per heavy atom. The van der Waals surface area contributed by atoms with Gasteiger partial charge in [0.15, 0.2) is 5.96 Å². The van der Waals surface area contributed by atoms with Crippen molar-refractivity contribution in [1.29, 1.82) is 0 Å². The maximum atomic E-state index is 9.71. The number of hydrogen-bond donors (Lipinski definition) is 2. The molecule has 2 heterocycles. The summed E-state index contributed by atoms with van der Waals surface area (Å²) in [5.74, 6) is 0.886. The molecule has 6 heteroatoms. The number of nitrogens with one attached hydrogen (secondary N) is 1. The fourth-order valence-electron chi connectivity index (χ4n) is 2.87. The molecule has 2 N–H and O–H groups in total. The number of β-amino-alcohol motifs (C(OH)–C–C–N with tert-alkyl or cyclic N) is 1. The van der Waals surface area contributed by atoms with Gasteiger partial charge in [0.25, 0.3) is 0 Å². The van der Waals surface area contributed by atoms with Gasteiger partial charge in [0.05, 0.1) is 19.0 Å². The summed E-state index contributed by atoms with van der Waals surface area (Å²) >= 11 is 0. The molecule has 1 aliphatic heterocycles. The predicted octanol–water partition coefficient (Wildman–Crippen LogP) is 1.46. The third kappa shape index (κ3) is 4.35. The maximum Gasteiger partial charge on any atom is 0.194 e. The van der Waals surface area contributed by atoms with Crippen LogP contribution in [0.3, 0.4) is 0 Å². The summed E-state index contributed by atoms with van der Waals surface area (Å²) in [4.78, 5) is 10.9. The van der Waals surface area contributed by atoms with Gasteiger partial charge in [-0.25, -0.2) is 9.98 Å². The number of aromatic nitrogens is 2. The lowest BCUT2D eigenvalue weighted by Gasteiger charge is -2.20. The number of likely N-dealkylation sites (tertiary alicyclic amines) is 1. The van der Waals surface area contributed by atoms with Crippen molar-refractivity contribution >= 4 is 5.96 Å². The van der Waals surface area contributed by atoms with Gasteiger partial charge in [-0.2, -0.15) is 0 Å². The third-order valence-corrected chi connectivity index (χ3v) is 4.16. The lowest BCUT2D eigenvalue weighted by atomic mass is 10.1. The molecule has 0 bridgehead atoms. The smallest absolute Gasteiger partial charge is 0.194 e. The Balaban J connectivity index is 1.61. The van der Waals surface area contributed by atoms with E-state index in [2.05, 4.69) is 51.0 Å². The highest BCUT2D eigenvalue weighted by molar-refractivity contribution is 5.80. The highest BCUT2D eigenvalue weighted by atomic mass is 16.3. The largest absolute Gasteiger partial charge is 0.391 e. The van der Waals surface area contributed by atoms with Crippen LogP contribution in [0.15, 0.2) is 48.0 Å². The molecule has 24 heavy (non-hydrogen) atoms. The van der Waals surface area contributed by atoms with Crippen LogP contribution in [0.5, 0.6) is 0 Å². The van der Waals surface area contributed by atoms with Crippen LogP contribution in [0.4, 0.5) is 0 Å². The van der Waals surface area contributed by atoms with Crippen molar-refractivity contribution in [2.75, 3.05) is 19.6 Å².